The van der Waals surface area contributed by atoms with Gasteiger partial charge in [-0.2, -0.15) is 0 Å². The first-order valence-corrected chi connectivity index (χ1v) is 7.79. The van der Waals surface area contributed by atoms with Gasteiger partial charge in [0, 0.05) is 45.3 Å². The molecule has 2 rings (SSSR count). The molecule has 118 valence electrons. The van der Waals surface area contributed by atoms with Gasteiger partial charge in [-0.1, -0.05) is 6.92 Å². The molecule has 1 aliphatic heterocycles. The SMILES string of the molecule is CCCOc1ccc(N2CCN(CCNC)CC2)c(F)c1. The van der Waals surface area contributed by atoms with E-state index < -0.39 is 0 Å². The second kappa shape index (κ2) is 8.20. The van der Waals surface area contributed by atoms with E-state index in [1.807, 2.05) is 26.1 Å². The summed E-state index contributed by atoms with van der Waals surface area (Å²) in [6.07, 6.45) is 0.929. The maximum Gasteiger partial charge on any atom is 0.150 e. The first kappa shape index (κ1) is 16.0. The molecule has 0 aliphatic carbocycles. The third-order valence-corrected chi connectivity index (χ3v) is 3.78. The number of nitrogens with one attached hydrogen (secondary N) is 1. The number of hydrogen-bond acceptors (Lipinski definition) is 4. The Balaban J connectivity index is 1.91. The molecule has 0 atom stereocenters. The van der Waals surface area contributed by atoms with Gasteiger partial charge in [0.25, 0.3) is 0 Å². The molecule has 0 amide bonds. The van der Waals surface area contributed by atoms with Crippen molar-refractivity contribution in [3.8, 4) is 5.75 Å². The predicted molar refractivity (Wildman–Crippen MR) is 84.8 cm³/mol. The van der Waals surface area contributed by atoms with Crippen molar-refractivity contribution in [1.29, 1.82) is 0 Å². The zero-order valence-corrected chi connectivity index (χ0v) is 13.1. The van der Waals surface area contributed by atoms with E-state index in [4.69, 9.17) is 4.74 Å². The maximum atomic E-state index is 14.2. The minimum Gasteiger partial charge on any atom is -0.493 e. The summed E-state index contributed by atoms with van der Waals surface area (Å²) in [6, 6.07) is 5.20. The highest BCUT2D eigenvalue weighted by Gasteiger charge is 2.19. The van der Waals surface area contributed by atoms with Crippen molar-refractivity contribution in [2.45, 2.75) is 13.3 Å². The third kappa shape index (κ3) is 4.58. The minimum absolute atomic E-state index is 0.188. The van der Waals surface area contributed by atoms with E-state index >= 15 is 0 Å². The quantitative estimate of drug-likeness (QED) is 0.832. The van der Waals surface area contributed by atoms with Gasteiger partial charge >= 0.3 is 0 Å². The molecule has 0 radical (unpaired) electrons. The topological polar surface area (TPSA) is 27.7 Å². The molecule has 21 heavy (non-hydrogen) atoms. The summed E-state index contributed by atoms with van der Waals surface area (Å²) in [6.45, 7) is 8.42. The Kier molecular flexibility index (Phi) is 6.26. The first-order valence-electron chi connectivity index (χ1n) is 7.79. The molecule has 0 spiro atoms. The van der Waals surface area contributed by atoms with Crippen molar-refractivity contribution in [2.75, 3.05) is 57.8 Å². The summed E-state index contributed by atoms with van der Waals surface area (Å²) < 4.78 is 19.7. The Hall–Kier alpha value is -1.33. The van der Waals surface area contributed by atoms with E-state index in [9.17, 15) is 4.39 Å². The average molecular weight is 295 g/mol. The van der Waals surface area contributed by atoms with Crippen LogP contribution in [0, 0.1) is 5.82 Å². The highest BCUT2D eigenvalue weighted by molar-refractivity contribution is 5.51. The molecule has 0 saturated carbocycles. The summed E-state index contributed by atoms with van der Waals surface area (Å²) in [5.41, 5.74) is 0.687. The lowest BCUT2D eigenvalue weighted by Gasteiger charge is -2.36. The van der Waals surface area contributed by atoms with Crippen LogP contribution in [-0.4, -0.2) is 57.8 Å². The molecule has 1 fully saturated rings. The second-order valence-corrected chi connectivity index (χ2v) is 5.39. The van der Waals surface area contributed by atoms with Crippen LogP contribution in [0.2, 0.25) is 0 Å². The molecule has 0 bridgehead atoms. The van der Waals surface area contributed by atoms with Gasteiger partial charge < -0.3 is 15.0 Å². The van der Waals surface area contributed by atoms with Crippen LogP contribution in [0.3, 0.4) is 0 Å². The number of benzene rings is 1. The minimum atomic E-state index is -0.188. The number of rotatable bonds is 7. The van der Waals surface area contributed by atoms with Crippen LogP contribution in [0.25, 0.3) is 0 Å². The largest absolute Gasteiger partial charge is 0.493 e. The standard InChI is InChI=1S/C16H26FN3O/c1-3-12-21-14-4-5-16(15(17)13-14)20-10-8-19(9-11-20)7-6-18-2/h4-5,13,18H,3,6-12H2,1-2H3. The summed E-state index contributed by atoms with van der Waals surface area (Å²) in [5, 5.41) is 3.16. The van der Waals surface area contributed by atoms with E-state index in [-0.39, 0.29) is 5.82 Å². The van der Waals surface area contributed by atoms with E-state index in [2.05, 4.69) is 15.1 Å². The van der Waals surface area contributed by atoms with Crippen molar-refractivity contribution in [2.24, 2.45) is 0 Å². The molecule has 1 N–H and O–H groups in total. The number of hydrogen-bond donors (Lipinski definition) is 1. The van der Waals surface area contributed by atoms with Crippen LogP contribution >= 0.6 is 0 Å². The van der Waals surface area contributed by atoms with Gasteiger partial charge in [-0.3, -0.25) is 4.90 Å². The molecule has 1 heterocycles. The van der Waals surface area contributed by atoms with Crippen LogP contribution in [0.15, 0.2) is 18.2 Å². The molecule has 1 aliphatic rings. The molecule has 1 saturated heterocycles. The molecule has 0 unspecified atom stereocenters. The Bertz CT molecular complexity index is 434. The summed E-state index contributed by atoms with van der Waals surface area (Å²) in [4.78, 5) is 4.53. The third-order valence-electron chi connectivity index (χ3n) is 3.78. The van der Waals surface area contributed by atoms with Gasteiger partial charge in [0.05, 0.1) is 12.3 Å². The van der Waals surface area contributed by atoms with Gasteiger partial charge in [0.2, 0.25) is 0 Å². The number of piperazine rings is 1. The summed E-state index contributed by atoms with van der Waals surface area (Å²) in [5.74, 6) is 0.429. The van der Waals surface area contributed by atoms with Crippen molar-refractivity contribution in [1.82, 2.24) is 10.2 Å². The smallest absolute Gasteiger partial charge is 0.150 e. The van der Waals surface area contributed by atoms with E-state index in [0.29, 0.717) is 18.0 Å². The van der Waals surface area contributed by atoms with E-state index in [0.717, 1.165) is 45.7 Å². The molecule has 1 aromatic rings. The monoisotopic (exact) mass is 295 g/mol. The zero-order valence-electron chi connectivity index (χ0n) is 13.1. The molecule has 1 aromatic carbocycles. The predicted octanol–water partition coefficient (Wildman–Crippen LogP) is 1.96. The molecular weight excluding hydrogens is 269 g/mol. The van der Waals surface area contributed by atoms with Crippen LogP contribution in [0.1, 0.15) is 13.3 Å². The number of halogens is 1. The molecule has 0 aromatic heterocycles. The van der Waals surface area contributed by atoms with Crippen molar-refractivity contribution in [3.05, 3.63) is 24.0 Å². The molecule has 4 nitrogen and oxygen atoms in total. The number of ether oxygens (including phenoxy) is 1. The fraction of sp³-hybridized carbons (Fsp3) is 0.625. The van der Waals surface area contributed by atoms with Crippen LogP contribution in [0.5, 0.6) is 5.75 Å². The van der Waals surface area contributed by atoms with Gasteiger partial charge in [-0.15, -0.1) is 0 Å². The van der Waals surface area contributed by atoms with Crippen LogP contribution in [-0.2, 0) is 0 Å². The molecular formula is C16H26FN3O. The maximum absolute atomic E-state index is 14.2. The Morgan fingerprint density at radius 1 is 1.24 bits per heavy atom. The Labute approximate surface area is 126 Å². The highest BCUT2D eigenvalue weighted by atomic mass is 19.1. The van der Waals surface area contributed by atoms with E-state index in [1.165, 1.54) is 6.07 Å². The number of anilines is 1. The van der Waals surface area contributed by atoms with Crippen molar-refractivity contribution >= 4 is 5.69 Å². The van der Waals surface area contributed by atoms with Gasteiger partial charge in [-0.05, 0) is 25.6 Å². The number of nitrogens with zero attached hydrogens (tertiary/aromatic N) is 2. The normalized spacial score (nSPS) is 16.2. The van der Waals surface area contributed by atoms with Crippen LogP contribution in [0.4, 0.5) is 10.1 Å². The van der Waals surface area contributed by atoms with Crippen LogP contribution < -0.4 is 15.0 Å². The number of likely N-dealkylation sites (N-methyl/N-ethyl adjacent to an activating group) is 1. The Morgan fingerprint density at radius 2 is 2.00 bits per heavy atom. The average Bonchev–Trinajstić information content (AvgIpc) is 2.52. The fourth-order valence-electron chi connectivity index (χ4n) is 2.54. The summed E-state index contributed by atoms with van der Waals surface area (Å²) in [7, 11) is 1.97. The first-order chi connectivity index (χ1) is 10.2. The second-order valence-electron chi connectivity index (χ2n) is 5.39. The van der Waals surface area contributed by atoms with Gasteiger partial charge in [-0.25, -0.2) is 4.39 Å². The van der Waals surface area contributed by atoms with Crippen molar-refractivity contribution < 1.29 is 9.13 Å². The van der Waals surface area contributed by atoms with Crippen molar-refractivity contribution in [3.63, 3.8) is 0 Å². The zero-order chi connectivity index (χ0) is 15.1. The van der Waals surface area contributed by atoms with Gasteiger partial charge in [0.1, 0.15) is 11.6 Å². The molecule has 5 heteroatoms. The van der Waals surface area contributed by atoms with E-state index in [1.54, 1.807) is 0 Å². The lowest BCUT2D eigenvalue weighted by Crippen LogP contribution is -2.48. The lowest BCUT2D eigenvalue weighted by molar-refractivity contribution is 0.259. The highest BCUT2D eigenvalue weighted by Crippen LogP contribution is 2.25. The fourth-order valence-corrected chi connectivity index (χ4v) is 2.54. The van der Waals surface area contributed by atoms with Gasteiger partial charge in [0.15, 0.2) is 0 Å². The lowest BCUT2D eigenvalue weighted by atomic mass is 10.2. The Morgan fingerprint density at radius 3 is 2.62 bits per heavy atom. The summed E-state index contributed by atoms with van der Waals surface area (Å²) >= 11 is 0.